The van der Waals surface area contributed by atoms with Crippen LogP contribution in [-0.2, 0) is 18.2 Å². The molecule has 1 N–H and O–H groups in total. The van der Waals surface area contributed by atoms with Crippen molar-refractivity contribution in [3.8, 4) is 5.75 Å². The fraction of sp³-hybridized carbons (Fsp3) is 0.429. The van der Waals surface area contributed by atoms with Gasteiger partial charge in [-0.25, -0.2) is 4.79 Å². The zero-order valence-electron chi connectivity index (χ0n) is 16.4. The van der Waals surface area contributed by atoms with Crippen molar-refractivity contribution in [3.63, 3.8) is 0 Å². The number of nitrogens with one attached hydrogen (secondary N) is 1. The van der Waals surface area contributed by atoms with Gasteiger partial charge in [0.05, 0.1) is 12.3 Å². The van der Waals surface area contributed by atoms with Gasteiger partial charge in [0.2, 0.25) is 0 Å². The molecule has 3 heterocycles. The minimum absolute atomic E-state index is 0.101. The highest BCUT2D eigenvalue weighted by molar-refractivity contribution is 5.88. The van der Waals surface area contributed by atoms with Crippen LogP contribution in [-0.4, -0.2) is 53.1 Å². The Labute approximate surface area is 164 Å². The molecule has 1 spiro atoms. The number of nitrogens with zero attached hydrogens (tertiary/aromatic N) is 3. The number of likely N-dealkylation sites (tertiary alicyclic amines) is 1. The Kier molecular flexibility index (Phi) is 5.09. The summed E-state index contributed by atoms with van der Waals surface area (Å²) in [6.07, 6.45) is 6.54. The maximum atomic E-state index is 12.7. The van der Waals surface area contributed by atoms with E-state index < -0.39 is 0 Å². The first-order valence-corrected chi connectivity index (χ1v) is 9.64. The highest BCUT2D eigenvalue weighted by atomic mass is 16.5. The smallest absolute Gasteiger partial charge is 0.323 e. The first-order valence-electron chi connectivity index (χ1n) is 9.64. The van der Waals surface area contributed by atoms with Crippen molar-refractivity contribution in [3.05, 3.63) is 47.7 Å². The lowest BCUT2D eigenvalue weighted by Crippen LogP contribution is -2.50. The lowest BCUT2D eigenvalue weighted by atomic mass is 9.88. The van der Waals surface area contributed by atoms with Gasteiger partial charge in [-0.2, -0.15) is 5.10 Å². The molecule has 1 fully saturated rings. The molecule has 0 atom stereocenters. The summed E-state index contributed by atoms with van der Waals surface area (Å²) < 4.78 is 13.1. The van der Waals surface area contributed by atoms with Crippen molar-refractivity contribution in [1.82, 2.24) is 14.7 Å². The molecule has 7 heteroatoms. The number of urea groups is 1. The van der Waals surface area contributed by atoms with E-state index in [0.29, 0.717) is 25.5 Å². The molecule has 1 aromatic heterocycles. The minimum atomic E-state index is -0.314. The second-order valence-corrected chi connectivity index (χ2v) is 7.34. The number of ether oxygens (including phenoxy) is 2. The molecule has 7 nitrogen and oxygen atoms in total. The molecule has 1 saturated heterocycles. The number of piperidine rings is 1. The molecule has 0 saturated carbocycles. The predicted octanol–water partition coefficient (Wildman–Crippen LogP) is 3.08. The number of hydrogen-bond acceptors (Lipinski definition) is 4. The quantitative estimate of drug-likeness (QED) is 0.882. The fourth-order valence-corrected chi connectivity index (χ4v) is 3.72. The molecule has 148 valence electrons. The Morgan fingerprint density at radius 1 is 1.32 bits per heavy atom. The van der Waals surface area contributed by atoms with Gasteiger partial charge in [0, 0.05) is 58.1 Å². The summed E-state index contributed by atoms with van der Waals surface area (Å²) in [6.45, 7) is 1.90. The van der Waals surface area contributed by atoms with E-state index in [4.69, 9.17) is 9.47 Å². The van der Waals surface area contributed by atoms with Gasteiger partial charge in [-0.15, -0.1) is 0 Å². The summed E-state index contributed by atoms with van der Waals surface area (Å²) in [7, 11) is 3.49. The monoisotopic (exact) mass is 382 g/mol. The summed E-state index contributed by atoms with van der Waals surface area (Å²) in [5.41, 5.74) is 1.69. The van der Waals surface area contributed by atoms with Crippen LogP contribution in [0.2, 0.25) is 0 Å². The van der Waals surface area contributed by atoms with Gasteiger partial charge in [0.15, 0.2) is 0 Å². The normalized spacial score (nSPS) is 17.3. The van der Waals surface area contributed by atoms with Crippen LogP contribution in [0.4, 0.5) is 10.6 Å². The molecule has 1 aromatic carbocycles. The van der Waals surface area contributed by atoms with E-state index in [1.165, 1.54) is 0 Å². The number of hydrogen-bond donors (Lipinski definition) is 1. The number of aromatic nitrogens is 2. The number of anilines is 1. The number of amides is 2. The molecule has 0 bridgehead atoms. The van der Waals surface area contributed by atoms with Crippen molar-refractivity contribution < 1.29 is 14.3 Å². The number of para-hydroxylation sites is 1. The first kappa shape index (κ1) is 18.6. The van der Waals surface area contributed by atoms with Gasteiger partial charge in [-0.05, 0) is 12.1 Å². The maximum Gasteiger partial charge on any atom is 0.323 e. The zero-order chi connectivity index (χ0) is 19.6. The van der Waals surface area contributed by atoms with Gasteiger partial charge in [0.25, 0.3) is 0 Å². The fourth-order valence-electron chi connectivity index (χ4n) is 3.72. The molecular formula is C21H26N4O3. The van der Waals surface area contributed by atoms with E-state index in [1.54, 1.807) is 11.8 Å². The molecule has 2 aromatic rings. The average Bonchev–Trinajstić information content (AvgIpc) is 3.06. The Morgan fingerprint density at radius 2 is 2.11 bits per heavy atom. The van der Waals surface area contributed by atoms with E-state index in [2.05, 4.69) is 28.6 Å². The third kappa shape index (κ3) is 3.75. The number of aryl methyl sites for hydroxylation is 1. The van der Waals surface area contributed by atoms with Crippen LogP contribution in [0.25, 0.3) is 6.08 Å². The Hall–Kier alpha value is -2.80. The number of carbonyl (C=O) groups excluding carboxylic acids is 1. The van der Waals surface area contributed by atoms with Crippen molar-refractivity contribution in [2.24, 2.45) is 7.05 Å². The van der Waals surface area contributed by atoms with Crippen molar-refractivity contribution >= 4 is 17.9 Å². The third-order valence-electron chi connectivity index (χ3n) is 5.42. The molecule has 2 amide bonds. The van der Waals surface area contributed by atoms with Crippen LogP contribution >= 0.6 is 0 Å². The van der Waals surface area contributed by atoms with E-state index in [-0.39, 0.29) is 11.6 Å². The summed E-state index contributed by atoms with van der Waals surface area (Å²) in [6, 6.07) is 9.85. The lowest BCUT2D eigenvalue weighted by Gasteiger charge is -2.41. The SMILES string of the molecule is COCCc1cc(NC(=O)N2CCC3(C=Cc4ccccc4O3)CC2)n(C)n1. The lowest BCUT2D eigenvalue weighted by molar-refractivity contribution is 0.0518. The Balaban J connectivity index is 1.35. The average molecular weight is 382 g/mol. The number of methoxy groups -OCH3 is 1. The Morgan fingerprint density at radius 3 is 2.89 bits per heavy atom. The van der Waals surface area contributed by atoms with Gasteiger partial charge >= 0.3 is 6.03 Å². The molecular weight excluding hydrogens is 356 g/mol. The standard InChI is InChI=1S/C21H26N4O3/c1-24-19(15-17(23-24)8-14-27-2)22-20(26)25-12-10-21(11-13-25)9-7-16-5-3-4-6-18(16)28-21/h3-7,9,15H,8,10-14H2,1-2H3,(H,22,26). The van der Waals surface area contributed by atoms with Crippen molar-refractivity contribution in [2.75, 3.05) is 32.1 Å². The summed E-state index contributed by atoms with van der Waals surface area (Å²) in [5.74, 6) is 1.61. The second-order valence-electron chi connectivity index (χ2n) is 7.34. The highest BCUT2D eigenvalue weighted by Gasteiger charge is 2.38. The zero-order valence-corrected chi connectivity index (χ0v) is 16.4. The number of fused-ring (bicyclic) bond motifs is 1. The van der Waals surface area contributed by atoms with E-state index in [9.17, 15) is 4.79 Å². The van der Waals surface area contributed by atoms with Crippen LogP contribution < -0.4 is 10.1 Å². The summed E-state index contributed by atoms with van der Waals surface area (Å²) in [4.78, 5) is 14.5. The van der Waals surface area contributed by atoms with Crippen LogP contribution in [0.15, 0.2) is 36.4 Å². The topological polar surface area (TPSA) is 68.6 Å². The first-order chi connectivity index (χ1) is 13.6. The van der Waals surface area contributed by atoms with Gasteiger partial charge in [-0.3, -0.25) is 10.00 Å². The van der Waals surface area contributed by atoms with Crippen molar-refractivity contribution in [2.45, 2.75) is 24.9 Å². The van der Waals surface area contributed by atoms with Crippen LogP contribution in [0.3, 0.4) is 0 Å². The molecule has 0 radical (unpaired) electrons. The van der Waals surface area contributed by atoms with Crippen LogP contribution in [0, 0.1) is 0 Å². The third-order valence-corrected chi connectivity index (χ3v) is 5.42. The summed E-state index contributed by atoms with van der Waals surface area (Å²) >= 11 is 0. The molecule has 2 aliphatic rings. The van der Waals surface area contributed by atoms with Crippen LogP contribution in [0.5, 0.6) is 5.75 Å². The molecule has 28 heavy (non-hydrogen) atoms. The number of benzene rings is 1. The number of carbonyl (C=O) groups is 1. The van der Waals surface area contributed by atoms with Crippen LogP contribution in [0.1, 0.15) is 24.1 Å². The van der Waals surface area contributed by atoms with E-state index in [0.717, 1.165) is 36.3 Å². The molecule has 0 aliphatic carbocycles. The largest absolute Gasteiger partial charge is 0.482 e. The molecule has 4 rings (SSSR count). The predicted molar refractivity (Wildman–Crippen MR) is 107 cm³/mol. The number of rotatable bonds is 4. The van der Waals surface area contributed by atoms with E-state index >= 15 is 0 Å². The van der Waals surface area contributed by atoms with Gasteiger partial charge < -0.3 is 14.4 Å². The van der Waals surface area contributed by atoms with E-state index in [1.807, 2.05) is 36.2 Å². The second kappa shape index (κ2) is 7.67. The minimum Gasteiger partial charge on any atom is -0.482 e. The van der Waals surface area contributed by atoms with Gasteiger partial charge in [-0.1, -0.05) is 24.3 Å². The Bertz CT molecular complexity index is 882. The maximum absolute atomic E-state index is 12.7. The molecule has 2 aliphatic heterocycles. The van der Waals surface area contributed by atoms with Crippen molar-refractivity contribution in [1.29, 1.82) is 0 Å². The van der Waals surface area contributed by atoms with Gasteiger partial charge in [0.1, 0.15) is 17.2 Å². The summed E-state index contributed by atoms with van der Waals surface area (Å²) in [5, 5.41) is 7.38. The highest BCUT2D eigenvalue weighted by Crippen LogP contribution is 2.36. The molecule has 0 unspecified atom stereocenters.